The zero-order chi connectivity index (χ0) is 15.3. The van der Waals surface area contributed by atoms with Crippen molar-refractivity contribution in [2.45, 2.75) is 38.8 Å². The molecule has 1 heterocycles. The zero-order valence-corrected chi connectivity index (χ0v) is 11.5. The van der Waals surface area contributed by atoms with Gasteiger partial charge in [0.2, 0.25) is 0 Å². The van der Waals surface area contributed by atoms with E-state index in [2.05, 4.69) is 10.3 Å². The van der Waals surface area contributed by atoms with E-state index >= 15 is 0 Å². The summed E-state index contributed by atoms with van der Waals surface area (Å²) < 4.78 is 18.7. The molecule has 0 aliphatic rings. The number of rotatable bonds is 4. The van der Waals surface area contributed by atoms with Crippen molar-refractivity contribution in [3.63, 3.8) is 0 Å². The zero-order valence-electron chi connectivity index (χ0n) is 11.5. The molecular formula is C13H17FN2O4. The van der Waals surface area contributed by atoms with Crippen molar-refractivity contribution in [3.8, 4) is 0 Å². The number of carbonyl (C=O) groups is 2. The largest absolute Gasteiger partial charge is 0.481 e. The summed E-state index contributed by atoms with van der Waals surface area (Å²) in [5.74, 6) is -1.85. The highest BCUT2D eigenvalue weighted by Crippen LogP contribution is 2.20. The maximum atomic E-state index is 13.6. The second kappa shape index (κ2) is 6.31. The second-order valence-electron chi connectivity index (χ2n) is 5.19. The molecule has 0 saturated heterocycles. The molecule has 0 unspecified atom stereocenters. The van der Waals surface area contributed by atoms with Gasteiger partial charge < -0.3 is 15.2 Å². The number of carboxylic acid groups (broad SMARTS) is 1. The van der Waals surface area contributed by atoms with E-state index in [4.69, 9.17) is 9.84 Å². The molecule has 110 valence electrons. The van der Waals surface area contributed by atoms with Crippen LogP contribution in [0.2, 0.25) is 0 Å². The third-order valence-electron chi connectivity index (χ3n) is 2.25. The van der Waals surface area contributed by atoms with E-state index in [-0.39, 0.29) is 5.56 Å². The Bertz CT molecular complexity index is 499. The number of amides is 1. The van der Waals surface area contributed by atoms with Crippen LogP contribution in [0.5, 0.6) is 0 Å². The second-order valence-corrected chi connectivity index (χ2v) is 5.19. The van der Waals surface area contributed by atoms with Crippen LogP contribution in [0.1, 0.15) is 38.8 Å². The maximum Gasteiger partial charge on any atom is 0.408 e. The lowest BCUT2D eigenvalue weighted by atomic mass is 10.1. The molecule has 0 aliphatic heterocycles. The molecule has 1 amide bonds. The summed E-state index contributed by atoms with van der Waals surface area (Å²) in [4.78, 5) is 26.1. The monoisotopic (exact) mass is 284 g/mol. The fourth-order valence-electron chi connectivity index (χ4n) is 1.53. The number of aliphatic carboxylic acids is 1. The molecule has 7 heteroatoms. The highest BCUT2D eigenvalue weighted by atomic mass is 19.1. The van der Waals surface area contributed by atoms with Crippen molar-refractivity contribution in [2.75, 3.05) is 0 Å². The fraction of sp³-hybridized carbons (Fsp3) is 0.462. The number of pyridine rings is 1. The number of hydrogen-bond acceptors (Lipinski definition) is 4. The van der Waals surface area contributed by atoms with Crippen molar-refractivity contribution in [1.82, 2.24) is 10.3 Å². The molecule has 0 aromatic carbocycles. The summed E-state index contributed by atoms with van der Waals surface area (Å²) in [5.41, 5.74) is -0.678. The summed E-state index contributed by atoms with van der Waals surface area (Å²) in [6.07, 6.45) is 1.02. The first kappa shape index (κ1) is 15.9. The van der Waals surface area contributed by atoms with Crippen LogP contribution in [0.4, 0.5) is 9.18 Å². The third kappa shape index (κ3) is 5.21. The number of halogens is 1. The van der Waals surface area contributed by atoms with Gasteiger partial charge in [-0.05, 0) is 26.8 Å². The van der Waals surface area contributed by atoms with Gasteiger partial charge in [0.15, 0.2) is 0 Å². The first-order chi connectivity index (χ1) is 9.19. The van der Waals surface area contributed by atoms with E-state index in [0.29, 0.717) is 0 Å². The normalized spacial score (nSPS) is 12.6. The fourth-order valence-corrected chi connectivity index (χ4v) is 1.53. The molecule has 20 heavy (non-hydrogen) atoms. The number of aromatic nitrogens is 1. The van der Waals surface area contributed by atoms with E-state index in [1.807, 2.05) is 0 Å². The summed E-state index contributed by atoms with van der Waals surface area (Å²) >= 11 is 0. The predicted molar refractivity (Wildman–Crippen MR) is 68.6 cm³/mol. The smallest absolute Gasteiger partial charge is 0.408 e. The van der Waals surface area contributed by atoms with E-state index < -0.39 is 35.9 Å². The van der Waals surface area contributed by atoms with Gasteiger partial charge in [-0.1, -0.05) is 0 Å². The van der Waals surface area contributed by atoms with Gasteiger partial charge in [0, 0.05) is 11.8 Å². The Morgan fingerprint density at radius 3 is 2.65 bits per heavy atom. The minimum Gasteiger partial charge on any atom is -0.481 e. The highest BCUT2D eigenvalue weighted by molar-refractivity contribution is 5.72. The summed E-state index contributed by atoms with van der Waals surface area (Å²) in [6.45, 7) is 5.02. The first-order valence-corrected chi connectivity index (χ1v) is 6.00. The summed E-state index contributed by atoms with van der Waals surface area (Å²) in [6, 6.07) is 0.297. The molecule has 0 radical (unpaired) electrons. The molecule has 1 aromatic heterocycles. The Labute approximate surface area is 116 Å². The number of carboxylic acids is 1. The molecule has 1 rings (SSSR count). The minimum absolute atomic E-state index is 0.0493. The number of hydrogen-bond donors (Lipinski definition) is 2. The lowest BCUT2D eigenvalue weighted by molar-refractivity contribution is -0.137. The molecule has 0 bridgehead atoms. The van der Waals surface area contributed by atoms with Crippen molar-refractivity contribution < 1.29 is 23.8 Å². The quantitative estimate of drug-likeness (QED) is 0.885. The lowest BCUT2D eigenvalue weighted by Gasteiger charge is -2.23. The third-order valence-corrected chi connectivity index (χ3v) is 2.25. The van der Waals surface area contributed by atoms with Crippen molar-refractivity contribution >= 4 is 12.1 Å². The van der Waals surface area contributed by atoms with Gasteiger partial charge in [-0.2, -0.15) is 0 Å². The molecule has 0 fully saturated rings. The van der Waals surface area contributed by atoms with Crippen LogP contribution < -0.4 is 5.32 Å². The molecule has 0 aliphatic carbocycles. The molecule has 1 aromatic rings. The molecular weight excluding hydrogens is 267 g/mol. The van der Waals surface area contributed by atoms with Crippen LogP contribution in [0, 0.1) is 5.82 Å². The van der Waals surface area contributed by atoms with Crippen LogP contribution in [-0.4, -0.2) is 27.8 Å². The highest BCUT2D eigenvalue weighted by Gasteiger charge is 2.24. The number of alkyl carbamates (subject to hydrolysis) is 1. The van der Waals surface area contributed by atoms with Crippen LogP contribution >= 0.6 is 0 Å². The van der Waals surface area contributed by atoms with Gasteiger partial charge in [0.05, 0.1) is 18.7 Å². The van der Waals surface area contributed by atoms with E-state index in [1.54, 1.807) is 20.8 Å². The lowest BCUT2D eigenvalue weighted by Crippen LogP contribution is -2.36. The van der Waals surface area contributed by atoms with Crippen molar-refractivity contribution in [2.24, 2.45) is 0 Å². The Morgan fingerprint density at radius 2 is 2.15 bits per heavy atom. The first-order valence-electron chi connectivity index (χ1n) is 6.00. The number of ether oxygens (including phenoxy) is 1. The number of nitrogens with one attached hydrogen (secondary N) is 1. The number of carbonyl (C=O) groups excluding carboxylic acids is 1. The van der Waals surface area contributed by atoms with Crippen LogP contribution in [-0.2, 0) is 9.53 Å². The van der Waals surface area contributed by atoms with Crippen molar-refractivity contribution in [1.29, 1.82) is 0 Å². The maximum absolute atomic E-state index is 13.6. The van der Waals surface area contributed by atoms with Crippen LogP contribution in [0.25, 0.3) is 0 Å². The molecule has 6 nitrogen and oxygen atoms in total. The average Bonchev–Trinajstić information content (AvgIpc) is 2.25. The minimum atomic E-state index is -1.16. The Hall–Kier alpha value is -2.18. The van der Waals surface area contributed by atoms with Gasteiger partial charge in [0.25, 0.3) is 0 Å². The van der Waals surface area contributed by atoms with Gasteiger partial charge in [-0.15, -0.1) is 0 Å². The van der Waals surface area contributed by atoms with Crippen LogP contribution in [0.3, 0.4) is 0 Å². The molecule has 0 spiro atoms. The van der Waals surface area contributed by atoms with Gasteiger partial charge in [0.1, 0.15) is 11.4 Å². The van der Waals surface area contributed by atoms with Gasteiger partial charge >= 0.3 is 12.1 Å². The molecule has 0 saturated carbocycles. The van der Waals surface area contributed by atoms with Gasteiger partial charge in [-0.3, -0.25) is 9.78 Å². The van der Waals surface area contributed by atoms with E-state index in [0.717, 1.165) is 6.20 Å². The Balaban J connectivity index is 2.88. The molecule has 2 N–H and O–H groups in total. The predicted octanol–water partition coefficient (Wildman–Crippen LogP) is 2.26. The Kier molecular flexibility index (Phi) is 5.01. The van der Waals surface area contributed by atoms with E-state index in [9.17, 15) is 14.0 Å². The van der Waals surface area contributed by atoms with Gasteiger partial charge in [-0.25, -0.2) is 9.18 Å². The Morgan fingerprint density at radius 1 is 1.50 bits per heavy atom. The van der Waals surface area contributed by atoms with Crippen LogP contribution in [0.15, 0.2) is 18.5 Å². The molecule has 1 atom stereocenters. The van der Waals surface area contributed by atoms with Crippen molar-refractivity contribution in [3.05, 3.63) is 29.8 Å². The average molecular weight is 284 g/mol. The van der Waals surface area contributed by atoms with E-state index in [1.165, 1.54) is 12.3 Å². The summed E-state index contributed by atoms with van der Waals surface area (Å²) in [5, 5.41) is 11.2. The SMILES string of the molecule is CC(C)(C)OC(=O)N[C@@H](CC(=O)O)c1ccncc1F. The standard InChI is InChI=1S/C13H17FN2O4/c1-13(2,3)20-12(19)16-10(6-11(17)18)8-4-5-15-7-9(8)14/h4-5,7,10H,6H2,1-3H3,(H,16,19)(H,17,18)/t10-/m0/s1. The number of nitrogens with zero attached hydrogens (tertiary/aromatic N) is 1. The summed E-state index contributed by atoms with van der Waals surface area (Å²) in [7, 11) is 0. The topological polar surface area (TPSA) is 88.5 Å².